The molecule has 5 nitrogen and oxygen atoms in total. The minimum atomic E-state index is 0.598. The second kappa shape index (κ2) is 7.65. The van der Waals surface area contributed by atoms with Crippen LogP contribution in [-0.4, -0.2) is 26.6 Å². The summed E-state index contributed by atoms with van der Waals surface area (Å²) in [6.07, 6.45) is 2.80. The normalized spacial score (nSPS) is 11.0. The number of nitrogens with zero attached hydrogens (tertiary/aromatic N) is 4. The Bertz CT molecular complexity index is 712. The third kappa shape index (κ3) is 4.72. The molecule has 1 aromatic carbocycles. The van der Waals surface area contributed by atoms with Crippen molar-refractivity contribution in [2.75, 3.05) is 6.54 Å². The number of aromatic nitrogens is 3. The van der Waals surface area contributed by atoms with E-state index in [1.807, 2.05) is 37.4 Å². The van der Waals surface area contributed by atoms with E-state index < -0.39 is 0 Å². The lowest BCUT2D eigenvalue weighted by Crippen LogP contribution is -2.26. The average Bonchev–Trinajstić information content (AvgIpc) is 2.99. The minimum absolute atomic E-state index is 0.598. The number of benzene rings is 1. The van der Waals surface area contributed by atoms with Gasteiger partial charge in [-0.25, -0.2) is 0 Å². The van der Waals surface area contributed by atoms with Gasteiger partial charge in [-0.05, 0) is 24.1 Å². The van der Waals surface area contributed by atoms with Gasteiger partial charge in [-0.15, -0.1) is 0 Å². The van der Waals surface area contributed by atoms with Gasteiger partial charge < -0.3 is 4.52 Å². The molecule has 0 radical (unpaired) electrons. The van der Waals surface area contributed by atoms with E-state index >= 15 is 0 Å². The maximum atomic E-state index is 5.07. The van der Waals surface area contributed by atoms with Gasteiger partial charge >= 0.3 is 0 Å². The fourth-order valence-corrected chi connectivity index (χ4v) is 2.47. The molecule has 0 spiro atoms. The van der Waals surface area contributed by atoms with Crippen molar-refractivity contribution in [3.63, 3.8) is 0 Å². The monoisotopic (exact) mass is 308 g/mol. The predicted octanol–water partition coefficient (Wildman–Crippen LogP) is 3.02. The molecule has 0 unspecified atom stereocenters. The van der Waals surface area contributed by atoms with Crippen LogP contribution in [0.4, 0.5) is 0 Å². The van der Waals surface area contributed by atoms with Crippen LogP contribution < -0.4 is 0 Å². The lowest BCUT2D eigenvalue weighted by molar-refractivity contribution is 0.246. The summed E-state index contributed by atoms with van der Waals surface area (Å²) in [6, 6.07) is 16.5. The zero-order valence-electron chi connectivity index (χ0n) is 13.2. The van der Waals surface area contributed by atoms with Crippen LogP contribution in [0.15, 0.2) is 59.3 Å². The van der Waals surface area contributed by atoms with E-state index in [-0.39, 0.29) is 0 Å². The van der Waals surface area contributed by atoms with E-state index in [1.165, 1.54) is 5.56 Å². The Hall–Kier alpha value is -2.53. The highest BCUT2D eigenvalue weighted by Gasteiger charge is 2.12. The first-order valence-electron chi connectivity index (χ1n) is 7.75. The fourth-order valence-electron chi connectivity index (χ4n) is 2.47. The zero-order valence-corrected chi connectivity index (χ0v) is 13.2. The SMILES string of the molecule is Cc1nc(CN(CCc2ccccc2)Cc2ccccn2)no1. The molecule has 118 valence electrons. The van der Waals surface area contributed by atoms with Gasteiger partial charge in [0, 0.05) is 26.2 Å². The van der Waals surface area contributed by atoms with Crippen molar-refractivity contribution in [3.05, 3.63) is 77.7 Å². The second-order valence-corrected chi connectivity index (χ2v) is 5.50. The molecule has 2 heterocycles. The maximum Gasteiger partial charge on any atom is 0.223 e. The molecule has 2 aromatic heterocycles. The Morgan fingerprint density at radius 1 is 1.00 bits per heavy atom. The fraction of sp³-hybridized carbons (Fsp3) is 0.278. The first-order chi connectivity index (χ1) is 11.3. The maximum absolute atomic E-state index is 5.07. The first-order valence-corrected chi connectivity index (χ1v) is 7.75. The highest BCUT2D eigenvalue weighted by molar-refractivity contribution is 5.15. The molecular formula is C18H20N4O. The summed E-state index contributed by atoms with van der Waals surface area (Å²) in [5, 5.41) is 4.00. The summed E-state index contributed by atoms with van der Waals surface area (Å²) in [5.74, 6) is 1.31. The molecule has 0 aliphatic rings. The summed E-state index contributed by atoms with van der Waals surface area (Å²) in [7, 11) is 0. The molecule has 0 bridgehead atoms. The van der Waals surface area contributed by atoms with Crippen molar-refractivity contribution >= 4 is 0 Å². The molecule has 3 rings (SSSR count). The number of aryl methyl sites for hydroxylation is 1. The van der Waals surface area contributed by atoms with E-state index in [9.17, 15) is 0 Å². The second-order valence-electron chi connectivity index (χ2n) is 5.50. The van der Waals surface area contributed by atoms with Crippen LogP contribution in [0.5, 0.6) is 0 Å². The largest absolute Gasteiger partial charge is 0.340 e. The Morgan fingerprint density at radius 2 is 1.83 bits per heavy atom. The molecule has 0 atom stereocenters. The minimum Gasteiger partial charge on any atom is -0.340 e. The van der Waals surface area contributed by atoms with Crippen molar-refractivity contribution in [2.45, 2.75) is 26.4 Å². The van der Waals surface area contributed by atoms with Gasteiger partial charge in [-0.1, -0.05) is 41.6 Å². The van der Waals surface area contributed by atoms with E-state index in [1.54, 1.807) is 0 Å². The number of pyridine rings is 1. The van der Waals surface area contributed by atoms with Crippen LogP contribution in [0.25, 0.3) is 0 Å². The molecule has 3 aromatic rings. The van der Waals surface area contributed by atoms with E-state index in [0.717, 1.165) is 25.2 Å². The van der Waals surface area contributed by atoms with Crippen molar-refractivity contribution in [1.82, 2.24) is 20.0 Å². The van der Waals surface area contributed by atoms with Crippen LogP contribution in [0.2, 0.25) is 0 Å². The summed E-state index contributed by atoms with van der Waals surface area (Å²) in [4.78, 5) is 11.0. The summed E-state index contributed by atoms with van der Waals surface area (Å²) in [5.41, 5.74) is 2.36. The summed E-state index contributed by atoms with van der Waals surface area (Å²) < 4.78 is 5.07. The van der Waals surface area contributed by atoms with E-state index in [4.69, 9.17) is 4.52 Å². The van der Waals surface area contributed by atoms with E-state index in [2.05, 4.69) is 44.3 Å². The van der Waals surface area contributed by atoms with Crippen molar-refractivity contribution in [2.24, 2.45) is 0 Å². The van der Waals surface area contributed by atoms with Crippen molar-refractivity contribution in [1.29, 1.82) is 0 Å². The zero-order chi connectivity index (χ0) is 15.9. The van der Waals surface area contributed by atoms with Gasteiger partial charge in [-0.2, -0.15) is 4.98 Å². The molecule has 0 aliphatic carbocycles. The quantitative estimate of drug-likeness (QED) is 0.671. The topological polar surface area (TPSA) is 55.1 Å². The van der Waals surface area contributed by atoms with Crippen LogP contribution in [-0.2, 0) is 19.5 Å². The molecule has 5 heteroatoms. The van der Waals surface area contributed by atoms with Crippen LogP contribution >= 0.6 is 0 Å². The van der Waals surface area contributed by atoms with Crippen molar-refractivity contribution in [3.8, 4) is 0 Å². The lowest BCUT2D eigenvalue weighted by atomic mass is 10.1. The molecular weight excluding hydrogens is 288 g/mol. The van der Waals surface area contributed by atoms with Crippen LogP contribution in [0.3, 0.4) is 0 Å². The molecule has 0 N–H and O–H groups in total. The highest BCUT2D eigenvalue weighted by Crippen LogP contribution is 2.09. The van der Waals surface area contributed by atoms with Crippen molar-refractivity contribution < 1.29 is 4.52 Å². The first kappa shape index (κ1) is 15.4. The molecule has 0 saturated carbocycles. The van der Waals surface area contributed by atoms with Gasteiger partial charge in [0.1, 0.15) is 0 Å². The molecule has 0 saturated heterocycles. The van der Waals surface area contributed by atoms with Crippen LogP contribution in [0, 0.1) is 6.92 Å². The highest BCUT2D eigenvalue weighted by atomic mass is 16.5. The van der Waals surface area contributed by atoms with Gasteiger partial charge in [0.05, 0.1) is 12.2 Å². The van der Waals surface area contributed by atoms with Gasteiger partial charge in [0.15, 0.2) is 5.82 Å². The Balaban J connectivity index is 1.67. The van der Waals surface area contributed by atoms with Gasteiger partial charge in [0.2, 0.25) is 5.89 Å². The average molecular weight is 308 g/mol. The van der Waals surface area contributed by atoms with E-state index in [0.29, 0.717) is 18.3 Å². The molecule has 23 heavy (non-hydrogen) atoms. The predicted molar refractivity (Wildman–Crippen MR) is 87.5 cm³/mol. The lowest BCUT2D eigenvalue weighted by Gasteiger charge is -2.20. The Morgan fingerprint density at radius 3 is 2.52 bits per heavy atom. The molecule has 0 amide bonds. The smallest absolute Gasteiger partial charge is 0.223 e. The van der Waals surface area contributed by atoms with Crippen LogP contribution in [0.1, 0.15) is 23.0 Å². The van der Waals surface area contributed by atoms with Gasteiger partial charge in [0.25, 0.3) is 0 Å². The Labute approximate surface area is 136 Å². The summed E-state index contributed by atoms with van der Waals surface area (Å²) in [6.45, 7) is 4.14. The number of hydrogen-bond acceptors (Lipinski definition) is 5. The van der Waals surface area contributed by atoms with Gasteiger partial charge in [-0.3, -0.25) is 9.88 Å². The molecule has 0 fully saturated rings. The third-order valence-corrected chi connectivity index (χ3v) is 3.61. The number of rotatable bonds is 7. The Kier molecular flexibility index (Phi) is 5.11. The standard InChI is InChI=1S/C18H20N4O/c1-15-20-18(21-23-15)14-22(13-17-9-5-6-11-19-17)12-10-16-7-3-2-4-8-16/h2-9,11H,10,12-14H2,1H3. The molecule has 0 aliphatic heterocycles. The summed E-state index contributed by atoms with van der Waals surface area (Å²) >= 11 is 0. The third-order valence-electron chi connectivity index (χ3n) is 3.61. The number of hydrogen-bond donors (Lipinski definition) is 0.